The molecule has 4 N–H and O–H groups in total. The molecule has 1 aromatic heterocycles. The molecular weight excluding hydrogens is 973 g/mol. The maximum absolute atomic E-state index is 14.2. The molecular formula is C49H50ClF3N6O7S3. The molecule has 5 aromatic carbocycles. The van der Waals surface area contributed by atoms with Gasteiger partial charge in [0.1, 0.15) is 4.90 Å². The zero-order valence-corrected chi connectivity index (χ0v) is 40.7. The predicted octanol–water partition coefficient (Wildman–Crippen LogP) is 9.08. The summed E-state index contributed by atoms with van der Waals surface area (Å²) in [5.74, 6) is -0.676. The summed E-state index contributed by atoms with van der Waals surface area (Å²) >= 11 is 7.62. The first-order valence-electron chi connectivity index (χ1n) is 22.0. The monoisotopic (exact) mass is 1020 g/mol. The van der Waals surface area contributed by atoms with Crippen molar-refractivity contribution >= 4 is 71.9 Å². The number of carboxylic acid groups (broad SMARTS) is 1. The van der Waals surface area contributed by atoms with Crippen molar-refractivity contribution in [3.63, 3.8) is 0 Å². The Morgan fingerprint density at radius 3 is 2.10 bits per heavy atom. The summed E-state index contributed by atoms with van der Waals surface area (Å²) < 4.78 is 100. The minimum absolute atomic E-state index is 0.112. The van der Waals surface area contributed by atoms with E-state index in [2.05, 4.69) is 19.8 Å². The minimum Gasteiger partial charge on any atom is -0.478 e. The predicted molar refractivity (Wildman–Crippen MR) is 266 cm³/mol. The van der Waals surface area contributed by atoms with Crippen LogP contribution in [0.1, 0.15) is 22.5 Å². The van der Waals surface area contributed by atoms with Crippen LogP contribution in [-0.4, -0.2) is 112 Å². The van der Waals surface area contributed by atoms with Crippen molar-refractivity contribution in [2.24, 2.45) is 7.05 Å². The quantitative estimate of drug-likeness (QED) is 0.0642. The zero-order chi connectivity index (χ0) is 49.3. The van der Waals surface area contributed by atoms with E-state index >= 15 is 0 Å². The largest absolute Gasteiger partial charge is 0.501 e. The van der Waals surface area contributed by atoms with Gasteiger partial charge in [0.05, 0.1) is 27.9 Å². The minimum atomic E-state index is -6.02. The second-order valence-corrected chi connectivity index (χ2v) is 22.1. The van der Waals surface area contributed by atoms with Crippen molar-refractivity contribution in [1.82, 2.24) is 9.47 Å². The maximum Gasteiger partial charge on any atom is 0.501 e. The molecule has 1 atom stereocenters. The number of aliphatic hydroxyl groups is 1. The number of β-amino-alcohol motifs (C(OH)–C–C–N with tert-alkyl or cyclic N) is 1. The molecule has 0 radical (unpaired) electrons. The molecule has 13 nitrogen and oxygen atoms in total. The molecule has 8 rings (SSSR count). The first-order chi connectivity index (χ1) is 32.8. The number of hydrogen-bond donors (Lipinski definition) is 4. The maximum atomic E-state index is 14.2. The van der Waals surface area contributed by atoms with Crippen molar-refractivity contribution in [2.75, 3.05) is 71.4 Å². The Kier molecular flexibility index (Phi) is 14.6. The van der Waals surface area contributed by atoms with E-state index in [1.54, 1.807) is 31.2 Å². The zero-order valence-electron chi connectivity index (χ0n) is 37.5. The van der Waals surface area contributed by atoms with Crippen LogP contribution in [0.3, 0.4) is 0 Å². The Bertz CT molecular complexity index is 3040. The topological polar surface area (TPSA) is 165 Å². The molecule has 20 heteroatoms. The highest BCUT2D eigenvalue weighted by Gasteiger charge is 2.48. The number of nitrogens with one attached hydrogen (secondary N) is 2. The molecule has 0 amide bonds. The molecule has 0 aliphatic carbocycles. The van der Waals surface area contributed by atoms with E-state index in [9.17, 15) is 45.0 Å². The molecule has 0 saturated carbocycles. The smallest absolute Gasteiger partial charge is 0.478 e. The van der Waals surface area contributed by atoms with Gasteiger partial charge in [-0.2, -0.15) is 13.2 Å². The van der Waals surface area contributed by atoms with Crippen molar-refractivity contribution in [3.05, 3.63) is 138 Å². The molecule has 6 aromatic rings. The van der Waals surface area contributed by atoms with E-state index in [-0.39, 0.29) is 16.9 Å². The second-order valence-electron chi connectivity index (χ2n) is 17.0. The fourth-order valence-electron chi connectivity index (χ4n) is 8.66. The van der Waals surface area contributed by atoms with Gasteiger partial charge in [-0.05, 0) is 103 Å². The van der Waals surface area contributed by atoms with E-state index in [1.165, 1.54) is 23.9 Å². The van der Waals surface area contributed by atoms with E-state index in [4.69, 9.17) is 11.6 Å². The number of alkyl halides is 3. The number of likely N-dealkylation sites (tertiary alicyclic amines) is 1. The molecule has 3 heterocycles. The number of halogens is 4. The molecule has 0 unspecified atom stereocenters. The van der Waals surface area contributed by atoms with E-state index in [1.807, 2.05) is 83.2 Å². The molecule has 2 aliphatic rings. The van der Waals surface area contributed by atoms with Gasteiger partial charge in [0.2, 0.25) is 0 Å². The molecule has 0 bridgehead atoms. The Hall–Kier alpha value is -5.70. The highest BCUT2D eigenvalue weighted by atomic mass is 35.5. The molecule has 364 valence electrons. The number of sulfone groups is 1. The summed E-state index contributed by atoms with van der Waals surface area (Å²) in [4.78, 5) is 18.0. The lowest BCUT2D eigenvalue weighted by Crippen LogP contribution is -2.51. The summed E-state index contributed by atoms with van der Waals surface area (Å²) in [6, 6.07) is 33.0. The van der Waals surface area contributed by atoms with Gasteiger partial charge >= 0.3 is 11.5 Å². The molecule has 69 heavy (non-hydrogen) atoms. The summed E-state index contributed by atoms with van der Waals surface area (Å²) in [6.45, 7) is 5.60. The van der Waals surface area contributed by atoms with Gasteiger partial charge in [-0.3, -0.25) is 9.62 Å². The van der Waals surface area contributed by atoms with Crippen molar-refractivity contribution < 1.29 is 45.0 Å². The number of aliphatic hydroxyl groups excluding tert-OH is 1. The van der Waals surface area contributed by atoms with Crippen LogP contribution in [0, 0.1) is 6.92 Å². The highest BCUT2D eigenvalue weighted by molar-refractivity contribution is 7.99. The second kappa shape index (κ2) is 20.3. The number of benzene rings is 5. The van der Waals surface area contributed by atoms with Gasteiger partial charge < -0.3 is 29.9 Å². The Balaban J connectivity index is 0.959. The normalized spacial score (nSPS) is 15.5. The van der Waals surface area contributed by atoms with E-state index in [0.29, 0.717) is 80.3 Å². The van der Waals surface area contributed by atoms with Crippen LogP contribution < -0.4 is 19.8 Å². The summed E-state index contributed by atoms with van der Waals surface area (Å²) in [5, 5.41) is 23.6. The number of carbonyl (C=O) groups is 1. The van der Waals surface area contributed by atoms with Crippen molar-refractivity contribution in [3.8, 4) is 22.4 Å². The molecule has 2 saturated heterocycles. The number of hydrogen-bond acceptors (Lipinski definition) is 11. The molecule has 0 spiro atoms. The van der Waals surface area contributed by atoms with E-state index in [0.717, 1.165) is 45.2 Å². The Labute approximate surface area is 408 Å². The summed E-state index contributed by atoms with van der Waals surface area (Å²) in [7, 11) is -8.77. The fourth-order valence-corrected chi connectivity index (χ4v) is 11.9. The first-order valence-corrected chi connectivity index (χ1v) is 26.3. The van der Waals surface area contributed by atoms with Gasteiger partial charge in [0, 0.05) is 103 Å². The van der Waals surface area contributed by atoms with Crippen LogP contribution in [0.5, 0.6) is 0 Å². The van der Waals surface area contributed by atoms with Crippen LogP contribution in [0.15, 0.2) is 136 Å². The van der Waals surface area contributed by atoms with Crippen molar-refractivity contribution in [1.29, 1.82) is 0 Å². The van der Waals surface area contributed by atoms with Crippen LogP contribution in [0.2, 0.25) is 5.02 Å². The Morgan fingerprint density at radius 2 is 1.48 bits per heavy atom. The first kappa shape index (κ1) is 49.7. The third-order valence-electron chi connectivity index (χ3n) is 12.4. The fraction of sp³-hybridized carbons (Fsp3) is 0.286. The average Bonchev–Trinajstić information content (AvgIpc) is 3.58. The lowest BCUT2D eigenvalue weighted by Gasteiger charge is -2.37. The number of anilines is 4. The van der Waals surface area contributed by atoms with Gasteiger partial charge in [-0.15, -0.1) is 11.8 Å². The van der Waals surface area contributed by atoms with E-state index < -0.39 is 53.3 Å². The van der Waals surface area contributed by atoms with Crippen LogP contribution in [0.4, 0.5) is 35.9 Å². The number of aromatic carboxylic acids is 1. The van der Waals surface area contributed by atoms with Crippen LogP contribution in [-0.2, 0) is 26.9 Å². The summed E-state index contributed by atoms with van der Waals surface area (Å²) in [6.07, 6.45) is -0.0584. The molecule has 2 fully saturated rings. The SMILES string of the molecule is Cc1c(C(=O)O)c(-c2cccc(N3CCN(c4ccc(NS(=O)(=O)c5ccc(N[C@H](CCN6CC(O)C6)CSc6ccccc6)c(S(=O)(=O)C(F)(F)F)c5)cc4)CC3)c2)c(-c2ccc(Cl)cc2)n1C. The molecule has 2 aliphatic heterocycles. The Morgan fingerprint density at radius 1 is 0.826 bits per heavy atom. The number of nitrogens with zero attached hydrogens (tertiary/aromatic N) is 4. The number of thioether (sulfide) groups is 1. The van der Waals surface area contributed by atoms with Crippen LogP contribution in [0.25, 0.3) is 22.4 Å². The van der Waals surface area contributed by atoms with Gasteiger partial charge in [-0.1, -0.05) is 54.1 Å². The van der Waals surface area contributed by atoms with Gasteiger partial charge in [0.25, 0.3) is 19.9 Å². The number of carboxylic acids is 1. The van der Waals surface area contributed by atoms with Crippen LogP contribution >= 0.6 is 23.4 Å². The average molecular weight is 1020 g/mol. The number of rotatable bonds is 17. The third-order valence-corrected chi connectivity index (χ3v) is 16.8. The number of aromatic nitrogens is 1. The standard InChI is InChI=1S/C49H50ClF3N6O7S3/c1-32-45(48(61)62)46(47(56(32)2)33-11-13-35(50)14-12-33)34-7-6-8-39(27-34)59-25-23-58(24-26-59)38-17-15-36(16-18-38)55-69(65,66)42-19-20-43(44(28-42)68(63,64)49(51,52)53)54-37(21-22-57-29-40(60)30-57)31-67-41-9-4-3-5-10-41/h3-20,27-28,37,40,54-55,60H,21-26,29-31H2,1-2H3,(H,61,62)/t37-/m1/s1. The summed E-state index contributed by atoms with van der Waals surface area (Å²) in [5.41, 5.74) is -0.503. The third kappa shape index (κ3) is 11.0. The number of piperazine rings is 1. The van der Waals surface area contributed by atoms with Crippen molar-refractivity contribution in [2.45, 2.75) is 45.7 Å². The number of sulfonamides is 1. The highest BCUT2D eigenvalue weighted by Crippen LogP contribution is 2.41. The van der Waals surface area contributed by atoms with Gasteiger partial charge in [0.15, 0.2) is 0 Å². The van der Waals surface area contributed by atoms with Gasteiger partial charge in [-0.25, -0.2) is 21.6 Å². The lowest BCUT2D eigenvalue weighted by atomic mass is 9.96. The lowest BCUT2D eigenvalue weighted by molar-refractivity contribution is -0.0436.